The largest absolute Gasteiger partial charge is 0.291 e. The number of tetrazole rings is 1. The van der Waals surface area contributed by atoms with Crippen LogP contribution >= 0.6 is 22.9 Å². The number of hydrogen-bond acceptors (Lipinski definition) is 5. The molecule has 0 aliphatic carbocycles. The predicted molar refractivity (Wildman–Crippen MR) is 76.9 cm³/mol. The molecule has 0 saturated carbocycles. The molecular weight excluding hydrogens is 296 g/mol. The van der Waals surface area contributed by atoms with E-state index in [9.17, 15) is 4.79 Å². The number of benzene rings is 1. The number of rotatable bonds is 4. The summed E-state index contributed by atoms with van der Waals surface area (Å²) in [7, 11) is 0. The van der Waals surface area contributed by atoms with Crippen molar-refractivity contribution in [3.8, 4) is 11.4 Å². The van der Waals surface area contributed by atoms with E-state index >= 15 is 0 Å². The minimum Gasteiger partial charge on any atom is -0.291 e. The summed E-state index contributed by atoms with van der Waals surface area (Å²) >= 11 is 7.05. The molecule has 0 saturated heterocycles. The summed E-state index contributed by atoms with van der Waals surface area (Å²) in [6.07, 6.45) is 0. The second kappa shape index (κ2) is 5.52. The number of aromatic nitrogens is 4. The van der Waals surface area contributed by atoms with Crippen LogP contribution in [0.1, 0.15) is 9.67 Å². The van der Waals surface area contributed by atoms with Gasteiger partial charge in [-0.25, -0.2) is 0 Å². The van der Waals surface area contributed by atoms with Gasteiger partial charge in [0.1, 0.15) is 6.54 Å². The molecule has 1 aromatic carbocycles. The Morgan fingerprint density at radius 3 is 2.70 bits per heavy atom. The number of nitrogens with zero attached hydrogens (tertiary/aromatic N) is 4. The molecule has 0 aliphatic heterocycles. The molecule has 0 unspecified atom stereocenters. The summed E-state index contributed by atoms with van der Waals surface area (Å²) in [5.74, 6) is 0.418. The quantitative estimate of drug-likeness (QED) is 0.695. The number of thiophene rings is 1. The maximum absolute atomic E-state index is 12.0. The Bertz CT molecular complexity index is 738. The third-order valence-corrected chi connectivity index (χ3v) is 3.89. The van der Waals surface area contributed by atoms with Gasteiger partial charge in [-0.05, 0) is 17.3 Å². The van der Waals surface area contributed by atoms with Crippen molar-refractivity contribution >= 4 is 28.7 Å². The topological polar surface area (TPSA) is 60.7 Å². The van der Waals surface area contributed by atoms with Crippen molar-refractivity contribution in [3.05, 3.63) is 51.7 Å². The number of Topliss-reactive ketones (excluding diaryl/α,β-unsaturated/α-hetero) is 1. The lowest BCUT2D eigenvalue weighted by atomic mass is 10.2. The van der Waals surface area contributed by atoms with Gasteiger partial charge < -0.3 is 0 Å². The van der Waals surface area contributed by atoms with Gasteiger partial charge in [0.25, 0.3) is 0 Å². The molecule has 0 radical (unpaired) electrons. The van der Waals surface area contributed by atoms with E-state index in [2.05, 4.69) is 15.4 Å². The molecular formula is C13H9ClN4OS. The van der Waals surface area contributed by atoms with Gasteiger partial charge in [-0.3, -0.25) is 4.79 Å². The fraction of sp³-hybridized carbons (Fsp3) is 0.0769. The van der Waals surface area contributed by atoms with Crippen LogP contribution in [0.3, 0.4) is 0 Å². The van der Waals surface area contributed by atoms with Crippen LogP contribution in [0.5, 0.6) is 0 Å². The number of halogens is 1. The zero-order valence-electron chi connectivity index (χ0n) is 10.2. The molecule has 0 atom stereocenters. The summed E-state index contributed by atoms with van der Waals surface area (Å²) in [4.78, 5) is 13.9. The van der Waals surface area contributed by atoms with Gasteiger partial charge in [0, 0.05) is 5.56 Å². The fourth-order valence-electron chi connectivity index (χ4n) is 1.68. The second-order valence-corrected chi connectivity index (χ2v) is 5.75. The Hall–Kier alpha value is -2.05. The Labute approximate surface area is 123 Å². The van der Waals surface area contributed by atoms with E-state index in [0.29, 0.717) is 15.0 Å². The Morgan fingerprint density at radius 1 is 1.20 bits per heavy atom. The fourth-order valence-corrected chi connectivity index (χ4v) is 2.66. The minimum atomic E-state index is -0.0843. The van der Waals surface area contributed by atoms with Crippen LogP contribution < -0.4 is 0 Å². The molecule has 5 nitrogen and oxygen atoms in total. The molecule has 0 aliphatic rings. The molecule has 0 fully saturated rings. The SMILES string of the molecule is O=C(Cn1nnc(-c2ccccc2)n1)c1ccc(Cl)s1. The Morgan fingerprint density at radius 2 is 2.00 bits per heavy atom. The molecule has 3 rings (SSSR count). The monoisotopic (exact) mass is 304 g/mol. The van der Waals surface area contributed by atoms with E-state index in [1.54, 1.807) is 12.1 Å². The highest BCUT2D eigenvalue weighted by molar-refractivity contribution is 7.18. The van der Waals surface area contributed by atoms with Crippen molar-refractivity contribution in [2.75, 3.05) is 0 Å². The van der Waals surface area contributed by atoms with Crippen molar-refractivity contribution < 1.29 is 4.79 Å². The third-order valence-electron chi connectivity index (χ3n) is 2.62. The smallest absolute Gasteiger partial charge is 0.204 e. The van der Waals surface area contributed by atoms with Crippen molar-refractivity contribution in [1.82, 2.24) is 20.2 Å². The van der Waals surface area contributed by atoms with Crippen LogP contribution in [0, 0.1) is 0 Å². The molecule has 7 heteroatoms. The zero-order chi connectivity index (χ0) is 13.9. The van der Waals surface area contributed by atoms with Crippen molar-refractivity contribution in [1.29, 1.82) is 0 Å². The standard InChI is InChI=1S/C13H9ClN4OS/c14-12-7-6-11(20-12)10(19)8-18-16-13(15-17-18)9-4-2-1-3-5-9/h1-7H,8H2. The zero-order valence-corrected chi connectivity index (χ0v) is 11.8. The lowest BCUT2D eigenvalue weighted by Gasteiger charge is -1.95. The molecule has 0 N–H and O–H groups in total. The van der Waals surface area contributed by atoms with Crippen LogP contribution in [0.2, 0.25) is 4.34 Å². The van der Waals surface area contributed by atoms with Crippen LogP contribution in [0.4, 0.5) is 0 Å². The molecule has 0 spiro atoms. The molecule has 0 bridgehead atoms. The van der Waals surface area contributed by atoms with Crippen molar-refractivity contribution in [2.24, 2.45) is 0 Å². The predicted octanol–water partition coefficient (Wildman–Crippen LogP) is 2.94. The average molecular weight is 305 g/mol. The Kier molecular flexibility index (Phi) is 3.58. The van der Waals surface area contributed by atoms with Gasteiger partial charge in [0.15, 0.2) is 5.78 Å². The summed E-state index contributed by atoms with van der Waals surface area (Å²) < 4.78 is 0.588. The number of carbonyl (C=O) groups excluding carboxylic acids is 1. The summed E-state index contributed by atoms with van der Waals surface area (Å²) in [5, 5.41) is 12.0. The van der Waals surface area contributed by atoms with E-state index in [-0.39, 0.29) is 12.3 Å². The van der Waals surface area contributed by atoms with E-state index in [4.69, 9.17) is 11.6 Å². The maximum Gasteiger partial charge on any atom is 0.204 e. The number of hydrogen-bond donors (Lipinski definition) is 0. The van der Waals surface area contributed by atoms with Gasteiger partial charge in [0.2, 0.25) is 5.82 Å². The second-order valence-electron chi connectivity index (χ2n) is 4.04. The Balaban J connectivity index is 1.76. The minimum absolute atomic E-state index is 0.0523. The van der Waals surface area contributed by atoms with E-state index < -0.39 is 0 Å². The number of carbonyl (C=O) groups is 1. The maximum atomic E-state index is 12.0. The highest BCUT2D eigenvalue weighted by atomic mass is 35.5. The molecule has 0 amide bonds. The average Bonchev–Trinajstić information content (AvgIpc) is 3.09. The van der Waals surface area contributed by atoms with E-state index in [1.807, 2.05) is 30.3 Å². The lowest BCUT2D eigenvalue weighted by molar-refractivity contribution is 0.0965. The van der Waals surface area contributed by atoms with Gasteiger partial charge in [-0.2, -0.15) is 4.80 Å². The van der Waals surface area contributed by atoms with E-state index in [0.717, 1.165) is 5.56 Å². The van der Waals surface area contributed by atoms with Crippen LogP contribution in [0.25, 0.3) is 11.4 Å². The highest BCUT2D eigenvalue weighted by Gasteiger charge is 2.12. The van der Waals surface area contributed by atoms with Gasteiger partial charge >= 0.3 is 0 Å². The van der Waals surface area contributed by atoms with E-state index in [1.165, 1.54) is 16.1 Å². The molecule has 100 valence electrons. The number of ketones is 1. The molecule has 3 aromatic rings. The first-order valence-corrected chi connectivity index (χ1v) is 7.03. The third kappa shape index (κ3) is 2.76. The van der Waals surface area contributed by atoms with Gasteiger partial charge in [-0.1, -0.05) is 41.9 Å². The van der Waals surface area contributed by atoms with Gasteiger partial charge in [-0.15, -0.1) is 21.5 Å². The first kappa shape index (κ1) is 13.0. The first-order chi connectivity index (χ1) is 9.72. The normalized spacial score (nSPS) is 10.7. The van der Waals surface area contributed by atoms with Gasteiger partial charge in [0.05, 0.1) is 9.21 Å². The van der Waals surface area contributed by atoms with Crippen LogP contribution in [-0.4, -0.2) is 26.0 Å². The molecule has 2 heterocycles. The first-order valence-electron chi connectivity index (χ1n) is 5.84. The summed E-state index contributed by atoms with van der Waals surface area (Å²) in [5.41, 5.74) is 0.866. The summed E-state index contributed by atoms with van der Waals surface area (Å²) in [6, 6.07) is 12.9. The molecule has 2 aromatic heterocycles. The summed E-state index contributed by atoms with van der Waals surface area (Å²) in [6.45, 7) is 0.0523. The highest BCUT2D eigenvalue weighted by Crippen LogP contribution is 2.22. The van der Waals surface area contributed by atoms with Crippen molar-refractivity contribution in [2.45, 2.75) is 6.54 Å². The van der Waals surface area contributed by atoms with Crippen LogP contribution in [0.15, 0.2) is 42.5 Å². The van der Waals surface area contributed by atoms with Crippen molar-refractivity contribution in [3.63, 3.8) is 0 Å². The molecule has 20 heavy (non-hydrogen) atoms. The lowest BCUT2D eigenvalue weighted by Crippen LogP contribution is -2.12. The van der Waals surface area contributed by atoms with Crippen LogP contribution in [-0.2, 0) is 6.54 Å².